The number of benzene rings is 1. The Morgan fingerprint density at radius 2 is 2.05 bits per heavy atom. The minimum atomic E-state index is -0.304. The number of hydrogen-bond acceptors (Lipinski definition) is 4. The van der Waals surface area contributed by atoms with Crippen molar-refractivity contribution < 1.29 is 9.53 Å². The molecule has 5 heteroatoms. The van der Waals surface area contributed by atoms with Crippen molar-refractivity contribution in [2.24, 2.45) is 0 Å². The zero-order valence-electron chi connectivity index (χ0n) is 12.2. The van der Waals surface area contributed by atoms with Crippen LogP contribution in [0.5, 0.6) is 0 Å². The van der Waals surface area contributed by atoms with Gasteiger partial charge in [0.25, 0.3) is 0 Å². The molecule has 0 saturated heterocycles. The maximum atomic E-state index is 11.9. The number of carbonyl (C=O) groups excluding carboxylic acids is 1. The van der Waals surface area contributed by atoms with E-state index in [1.807, 2.05) is 37.4 Å². The monoisotopic (exact) mass is 296 g/mol. The highest BCUT2D eigenvalue weighted by atomic mass is 32.1. The second kappa shape index (κ2) is 9.80. The molecular formula is C15H24N2O2S. The Bertz CT molecular complexity index is 387. The molecule has 0 spiro atoms. The summed E-state index contributed by atoms with van der Waals surface area (Å²) in [6.07, 6.45) is 0.648. The van der Waals surface area contributed by atoms with Gasteiger partial charge in [-0.15, -0.1) is 0 Å². The molecule has 1 unspecified atom stereocenters. The Kier molecular flexibility index (Phi) is 8.34. The van der Waals surface area contributed by atoms with Crippen LogP contribution in [0.4, 0.5) is 0 Å². The standard InChI is InChI=1S/C15H24N2O2S/c1-17(10-11-19-2)9-8-16-15(18)14(20)12-13-6-4-3-5-7-13/h3-7,14,20H,8-12H2,1-2H3,(H,16,18). The Hall–Kier alpha value is -1.04. The van der Waals surface area contributed by atoms with Crippen LogP contribution in [-0.2, 0) is 16.0 Å². The number of amides is 1. The molecule has 1 amide bonds. The van der Waals surface area contributed by atoms with Crippen molar-refractivity contribution in [2.75, 3.05) is 40.4 Å². The summed E-state index contributed by atoms with van der Waals surface area (Å²) in [5.41, 5.74) is 1.12. The minimum Gasteiger partial charge on any atom is -0.383 e. The predicted octanol–water partition coefficient (Wildman–Crippen LogP) is 1.22. The average molecular weight is 296 g/mol. The lowest BCUT2D eigenvalue weighted by atomic mass is 10.1. The maximum Gasteiger partial charge on any atom is 0.233 e. The Balaban J connectivity index is 2.22. The molecule has 0 aliphatic heterocycles. The fraction of sp³-hybridized carbons (Fsp3) is 0.533. The maximum absolute atomic E-state index is 11.9. The fourth-order valence-corrected chi connectivity index (χ4v) is 2.08. The van der Waals surface area contributed by atoms with E-state index in [1.165, 1.54) is 0 Å². The second-order valence-electron chi connectivity index (χ2n) is 4.79. The van der Waals surface area contributed by atoms with Gasteiger partial charge >= 0.3 is 0 Å². The minimum absolute atomic E-state index is 0.0164. The lowest BCUT2D eigenvalue weighted by molar-refractivity contribution is -0.120. The Morgan fingerprint density at radius 1 is 1.35 bits per heavy atom. The molecule has 0 aliphatic carbocycles. The summed E-state index contributed by atoms with van der Waals surface area (Å²) in [4.78, 5) is 14.0. The first-order valence-corrected chi connectivity index (χ1v) is 7.32. The Morgan fingerprint density at radius 3 is 2.70 bits per heavy atom. The highest BCUT2D eigenvalue weighted by molar-refractivity contribution is 7.81. The van der Waals surface area contributed by atoms with Crippen LogP contribution in [0, 0.1) is 0 Å². The van der Waals surface area contributed by atoms with Gasteiger partial charge in [-0.1, -0.05) is 30.3 Å². The molecule has 4 nitrogen and oxygen atoms in total. The summed E-state index contributed by atoms with van der Waals surface area (Å²) in [5, 5.41) is 2.61. The van der Waals surface area contributed by atoms with E-state index in [9.17, 15) is 4.79 Å². The van der Waals surface area contributed by atoms with Gasteiger partial charge in [0, 0.05) is 26.7 Å². The molecule has 1 rings (SSSR count). The summed E-state index contributed by atoms with van der Waals surface area (Å²) >= 11 is 4.37. The summed E-state index contributed by atoms with van der Waals surface area (Å²) in [7, 11) is 3.69. The molecular weight excluding hydrogens is 272 g/mol. The van der Waals surface area contributed by atoms with Gasteiger partial charge in [0.05, 0.1) is 11.9 Å². The largest absolute Gasteiger partial charge is 0.383 e. The lowest BCUT2D eigenvalue weighted by Gasteiger charge is -2.17. The van der Waals surface area contributed by atoms with Gasteiger partial charge in [-0.25, -0.2) is 0 Å². The second-order valence-corrected chi connectivity index (χ2v) is 5.42. The summed E-state index contributed by atoms with van der Waals surface area (Å²) in [6, 6.07) is 9.92. The van der Waals surface area contributed by atoms with E-state index in [-0.39, 0.29) is 11.2 Å². The fourth-order valence-electron chi connectivity index (χ4n) is 1.78. The van der Waals surface area contributed by atoms with Crippen LogP contribution in [-0.4, -0.2) is 56.5 Å². The molecule has 0 aromatic heterocycles. The van der Waals surface area contributed by atoms with Crippen LogP contribution in [0.2, 0.25) is 0 Å². The predicted molar refractivity (Wildman–Crippen MR) is 85.3 cm³/mol. The van der Waals surface area contributed by atoms with Crippen molar-refractivity contribution in [3.63, 3.8) is 0 Å². The summed E-state index contributed by atoms with van der Waals surface area (Å²) in [5.74, 6) is -0.0164. The van der Waals surface area contributed by atoms with Crippen molar-refractivity contribution in [3.05, 3.63) is 35.9 Å². The summed E-state index contributed by atoms with van der Waals surface area (Å²) < 4.78 is 5.00. The molecule has 1 aromatic rings. The third-order valence-corrected chi connectivity index (χ3v) is 3.46. The first-order valence-electron chi connectivity index (χ1n) is 6.80. The van der Waals surface area contributed by atoms with Crippen molar-refractivity contribution in [2.45, 2.75) is 11.7 Å². The van der Waals surface area contributed by atoms with E-state index in [4.69, 9.17) is 4.74 Å². The van der Waals surface area contributed by atoms with Crippen LogP contribution >= 0.6 is 12.6 Å². The van der Waals surface area contributed by atoms with Gasteiger partial charge in [0.15, 0.2) is 0 Å². The SMILES string of the molecule is COCCN(C)CCNC(=O)C(S)Cc1ccccc1. The zero-order chi connectivity index (χ0) is 14.8. The van der Waals surface area contributed by atoms with Crippen molar-refractivity contribution in [3.8, 4) is 0 Å². The van der Waals surface area contributed by atoms with Gasteiger partial charge in [0.2, 0.25) is 5.91 Å². The third-order valence-electron chi connectivity index (χ3n) is 3.04. The number of carbonyl (C=O) groups is 1. The molecule has 0 bridgehead atoms. The molecule has 0 saturated carbocycles. The number of thiol groups is 1. The number of rotatable bonds is 9. The first-order chi connectivity index (χ1) is 9.63. The highest BCUT2D eigenvalue weighted by Gasteiger charge is 2.13. The normalized spacial score (nSPS) is 12.4. The molecule has 1 N–H and O–H groups in total. The number of ether oxygens (including phenoxy) is 1. The molecule has 0 heterocycles. The first kappa shape index (κ1) is 17.0. The number of hydrogen-bond donors (Lipinski definition) is 2. The highest BCUT2D eigenvalue weighted by Crippen LogP contribution is 2.07. The van der Waals surface area contributed by atoms with Crippen molar-refractivity contribution >= 4 is 18.5 Å². The van der Waals surface area contributed by atoms with Crippen LogP contribution < -0.4 is 5.32 Å². The van der Waals surface area contributed by atoms with E-state index in [0.717, 1.165) is 18.7 Å². The molecule has 112 valence electrons. The third kappa shape index (κ3) is 6.93. The summed E-state index contributed by atoms with van der Waals surface area (Å²) in [6.45, 7) is 3.00. The van der Waals surface area contributed by atoms with E-state index < -0.39 is 0 Å². The number of methoxy groups -OCH3 is 1. The molecule has 1 atom stereocenters. The van der Waals surface area contributed by atoms with Gasteiger partial charge < -0.3 is 15.0 Å². The van der Waals surface area contributed by atoms with Gasteiger partial charge in [-0.2, -0.15) is 12.6 Å². The van der Waals surface area contributed by atoms with E-state index >= 15 is 0 Å². The molecule has 0 radical (unpaired) electrons. The van der Waals surface area contributed by atoms with E-state index in [1.54, 1.807) is 7.11 Å². The lowest BCUT2D eigenvalue weighted by Crippen LogP contribution is -2.38. The molecule has 0 fully saturated rings. The van der Waals surface area contributed by atoms with Crippen LogP contribution in [0.15, 0.2) is 30.3 Å². The van der Waals surface area contributed by atoms with Crippen LogP contribution in [0.3, 0.4) is 0 Å². The van der Waals surface area contributed by atoms with E-state index in [2.05, 4.69) is 22.8 Å². The van der Waals surface area contributed by atoms with Gasteiger partial charge in [-0.05, 0) is 19.0 Å². The van der Waals surface area contributed by atoms with Crippen molar-refractivity contribution in [1.82, 2.24) is 10.2 Å². The Labute approximate surface area is 126 Å². The van der Waals surface area contributed by atoms with Crippen molar-refractivity contribution in [1.29, 1.82) is 0 Å². The van der Waals surface area contributed by atoms with Gasteiger partial charge in [-0.3, -0.25) is 4.79 Å². The molecule has 0 aliphatic rings. The number of nitrogens with zero attached hydrogens (tertiary/aromatic N) is 1. The van der Waals surface area contributed by atoms with E-state index in [0.29, 0.717) is 19.6 Å². The van der Waals surface area contributed by atoms with Gasteiger partial charge in [0.1, 0.15) is 0 Å². The molecule has 1 aromatic carbocycles. The average Bonchev–Trinajstić information content (AvgIpc) is 2.46. The topological polar surface area (TPSA) is 41.6 Å². The smallest absolute Gasteiger partial charge is 0.233 e. The van der Waals surface area contributed by atoms with Crippen LogP contribution in [0.25, 0.3) is 0 Å². The number of likely N-dealkylation sites (N-methyl/N-ethyl adjacent to an activating group) is 1. The zero-order valence-corrected chi connectivity index (χ0v) is 13.1. The number of nitrogens with one attached hydrogen (secondary N) is 1. The molecule has 20 heavy (non-hydrogen) atoms. The quantitative estimate of drug-likeness (QED) is 0.673. The van der Waals surface area contributed by atoms with Crippen LogP contribution in [0.1, 0.15) is 5.56 Å².